The van der Waals surface area contributed by atoms with Crippen LogP contribution in [0.2, 0.25) is 0 Å². The molecule has 0 heterocycles. The number of aliphatic hydroxyl groups excluding tert-OH is 1. The molecule has 0 bridgehead atoms. The Morgan fingerprint density at radius 3 is 2.62 bits per heavy atom. The van der Waals surface area contributed by atoms with E-state index in [-0.39, 0.29) is 12.0 Å². The van der Waals surface area contributed by atoms with Crippen LogP contribution in [0.15, 0.2) is 23.8 Å². The highest BCUT2D eigenvalue weighted by Gasteiger charge is 2.43. The zero-order valence-electron chi connectivity index (χ0n) is 19.3. The van der Waals surface area contributed by atoms with Gasteiger partial charge >= 0.3 is 0 Å². The molecule has 0 saturated heterocycles. The summed E-state index contributed by atoms with van der Waals surface area (Å²) in [5.41, 5.74) is 1.01. The Kier molecular flexibility index (Phi) is 11.0. The van der Waals surface area contributed by atoms with Crippen molar-refractivity contribution in [3.8, 4) is 0 Å². The van der Waals surface area contributed by atoms with E-state index in [1.54, 1.807) is 5.57 Å². The van der Waals surface area contributed by atoms with E-state index in [1.165, 1.54) is 38.5 Å². The number of unbranched alkanes of at least 4 members (excludes halogenated alkanes) is 4. The van der Waals surface area contributed by atoms with E-state index in [9.17, 15) is 10.2 Å². The van der Waals surface area contributed by atoms with E-state index >= 15 is 0 Å². The average Bonchev–Trinajstić information content (AvgIpc) is 3.19. The smallest absolute Gasteiger partial charge is 0.0654 e. The van der Waals surface area contributed by atoms with Crippen LogP contribution < -0.4 is 5.32 Å². The topological polar surface area (TPSA) is 52.5 Å². The number of aliphatic hydroxyl groups is 2. The van der Waals surface area contributed by atoms with E-state index in [1.807, 2.05) is 6.92 Å². The maximum atomic E-state index is 10.5. The van der Waals surface area contributed by atoms with Crippen molar-refractivity contribution in [2.75, 3.05) is 13.1 Å². The zero-order chi connectivity index (χ0) is 21.1. The van der Waals surface area contributed by atoms with Crippen LogP contribution in [-0.2, 0) is 0 Å². The first kappa shape index (κ1) is 24.6. The Labute approximate surface area is 180 Å². The van der Waals surface area contributed by atoms with Gasteiger partial charge in [0.05, 0.1) is 11.7 Å². The summed E-state index contributed by atoms with van der Waals surface area (Å²) in [7, 11) is 0. The van der Waals surface area contributed by atoms with Crippen LogP contribution in [0.1, 0.15) is 97.8 Å². The van der Waals surface area contributed by atoms with Crippen LogP contribution >= 0.6 is 0 Å². The van der Waals surface area contributed by atoms with Gasteiger partial charge in [-0.05, 0) is 83.2 Å². The second kappa shape index (κ2) is 12.9. The Morgan fingerprint density at radius 2 is 1.86 bits per heavy atom. The summed E-state index contributed by atoms with van der Waals surface area (Å²) in [6.45, 7) is 8.66. The summed E-state index contributed by atoms with van der Waals surface area (Å²) >= 11 is 0. The molecule has 0 aromatic carbocycles. The first-order chi connectivity index (χ1) is 14.0. The van der Waals surface area contributed by atoms with Crippen LogP contribution in [0.3, 0.4) is 0 Å². The van der Waals surface area contributed by atoms with E-state index in [2.05, 4.69) is 37.4 Å². The van der Waals surface area contributed by atoms with Crippen LogP contribution in [0.4, 0.5) is 0 Å². The molecular formula is C26H47NO2. The Morgan fingerprint density at radius 1 is 1.10 bits per heavy atom. The number of hydrogen-bond acceptors (Lipinski definition) is 3. The Balaban J connectivity index is 1.68. The Hall–Kier alpha value is -0.640. The minimum Gasteiger partial charge on any atom is -0.392 e. The van der Waals surface area contributed by atoms with Crippen molar-refractivity contribution in [2.45, 2.75) is 110 Å². The summed E-state index contributed by atoms with van der Waals surface area (Å²) in [6, 6.07) is 0. The molecule has 2 rings (SSSR count). The molecule has 0 unspecified atom stereocenters. The van der Waals surface area contributed by atoms with Gasteiger partial charge in [-0.15, -0.1) is 0 Å². The van der Waals surface area contributed by atoms with Gasteiger partial charge in [0.25, 0.3) is 0 Å². The minimum absolute atomic E-state index is 0.214. The predicted octanol–water partition coefficient (Wildman–Crippen LogP) is 5.77. The molecule has 0 aromatic heterocycles. The quantitative estimate of drug-likeness (QED) is 0.239. The minimum atomic E-state index is -0.611. The second-order valence-corrected chi connectivity index (χ2v) is 9.88. The van der Waals surface area contributed by atoms with Crippen molar-refractivity contribution in [3.63, 3.8) is 0 Å². The fourth-order valence-electron chi connectivity index (χ4n) is 5.13. The van der Waals surface area contributed by atoms with Gasteiger partial charge in [0.2, 0.25) is 0 Å². The van der Waals surface area contributed by atoms with Crippen molar-refractivity contribution in [1.82, 2.24) is 5.32 Å². The van der Waals surface area contributed by atoms with Gasteiger partial charge in [0.1, 0.15) is 0 Å². The van der Waals surface area contributed by atoms with Crippen molar-refractivity contribution in [3.05, 3.63) is 23.8 Å². The van der Waals surface area contributed by atoms with Gasteiger partial charge in [0.15, 0.2) is 0 Å². The number of allylic oxidation sites excluding steroid dienone is 2. The van der Waals surface area contributed by atoms with Crippen molar-refractivity contribution in [1.29, 1.82) is 0 Å². The van der Waals surface area contributed by atoms with Crippen LogP contribution in [-0.4, -0.2) is 35.0 Å². The van der Waals surface area contributed by atoms with E-state index < -0.39 is 5.60 Å². The lowest BCUT2D eigenvalue weighted by Gasteiger charge is -2.22. The molecule has 0 aromatic rings. The fourth-order valence-corrected chi connectivity index (χ4v) is 5.13. The number of nitrogens with one attached hydrogen (secondary N) is 1. The monoisotopic (exact) mass is 405 g/mol. The highest BCUT2D eigenvalue weighted by atomic mass is 16.3. The lowest BCUT2D eigenvalue weighted by atomic mass is 9.87. The van der Waals surface area contributed by atoms with Crippen LogP contribution in [0, 0.1) is 17.8 Å². The average molecular weight is 406 g/mol. The standard InChI is InChI=1S/C26H47NO2/c1-4-6-14-26(3,29)15-11-13-23-24-19-21(18-22(24)20-25(23)28)12-9-8-10-17-27-16-7-5-2/h11,13,18,22-25,27-29H,4-10,12,14-17,19-20H2,1-3H3/t22-,23+,24-,25+,26-/m0/s1. The summed E-state index contributed by atoms with van der Waals surface area (Å²) < 4.78 is 0. The molecule has 2 aliphatic carbocycles. The highest BCUT2D eigenvalue weighted by molar-refractivity contribution is 5.20. The molecule has 5 atom stereocenters. The number of rotatable bonds is 15. The third kappa shape index (κ3) is 8.55. The molecular weight excluding hydrogens is 358 g/mol. The summed E-state index contributed by atoms with van der Waals surface area (Å²) in [4.78, 5) is 0. The zero-order valence-corrected chi connectivity index (χ0v) is 19.3. The van der Waals surface area contributed by atoms with Gasteiger partial charge < -0.3 is 15.5 Å². The van der Waals surface area contributed by atoms with Gasteiger partial charge in [-0.25, -0.2) is 0 Å². The van der Waals surface area contributed by atoms with Gasteiger partial charge in [-0.2, -0.15) is 0 Å². The summed E-state index contributed by atoms with van der Waals surface area (Å²) in [5.74, 6) is 1.40. The molecule has 0 aliphatic heterocycles. The first-order valence-electron chi connectivity index (χ1n) is 12.4. The lowest BCUT2D eigenvalue weighted by Crippen LogP contribution is -2.23. The molecule has 3 N–H and O–H groups in total. The van der Waals surface area contributed by atoms with Gasteiger partial charge in [0, 0.05) is 5.92 Å². The SMILES string of the molecule is CCCCNCCCCCC1=C[C@H]2C[C@@H](O)[C@H](C=CC[C@@](C)(O)CCCC)[C@H]2C1. The third-order valence-electron chi connectivity index (χ3n) is 6.99. The maximum Gasteiger partial charge on any atom is 0.0654 e. The molecule has 0 spiro atoms. The maximum absolute atomic E-state index is 10.5. The molecule has 1 fully saturated rings. The molecule has 0 radical (unpaired) electrons. The summed E-state index contributed by atoms with van der Waals surface area (Å²) in [5, 5.41) is 24.6. The molecule has 3 heteroatoms. The molecule has 1 saturated carbocycles. The van der Waals surface area contributed by atoms with Crippen molar-refractivity contribution >= 4 is 0 Å². The Bertz CT molecular complexity index is 511. The van der Waals surface area contributed by atoms with E-state index in [4.69, 9.17) is 0 Å². The number of hydrogen-bond donors (Lipinski definition) is 3. The first-order valence-corrected chi connectivity index (χ1v) is 12.4. The van der Waals surface area contributed by atoms with Crippen LogP contribution in [0.5, 0.6) is 0 Å². The molecule has 3 nitrogen and oxygen atoms in total. The van der Waals surface area contributed by atoms with E-state index in [0.717, 1.165) is 45.2 Å². The third-order valence-corrected chi connectivity index (χ3v) is 6.99. The molecule has 0 amide bonds. The molecule has 168 valence electrons. The molecule has 29 heavy (non-hydrogen) atoms. The van der Waals surface area contributed by atoms with E-state index in [0.29, 0.717) is 18.3 Å². The van der Waals surface area contributed by atoms with Crippen molar-refractivity contribution in [2.24, 2.45) is 17.8 Å². The lowest BCUT2D eigenvalue weighted by molar-refractivity contribution is 0.0513. The summed E-state index contributed by atoms with van der Waals surface area (Å²) in [6.07, 6.45) is 20.1. The van der Waals surface area contributed by atoms with Gasteiger partial charge in [-0.1, -0.05) is 63.3 Å². The number of fused-ring (bicyclic) bond motifs is 1. The molecule has 2 aliphatic rings. The van der Waals surface area contributed by atoms with Crippen LogP contribution in [0.25, 0.3) is 0 Å². The normalized spacial score (nSPS) is 28.7. The largest absolute Gasteiger partial charge is 0.392 e. The second-order valence-electron chi connectivity index (χ2n) is 9.88. The fraction of sp³-hybridized carbons (Fsp3) is 0.846. The van der Waals surface area contributed by atoms with Gasteiger partial charge in [-0.3, -0.25) is 0 Å². The predicted molar refractivity (Wildman–Crippen MR) is 124 cm³/mol. The van der Waals surface area contributed by atoms with Crippen molar-refractivity contribution < 1.29 is 10.2 Å². The highest BCUT2D eigenvalue weighted by Crippen LogP contribution is 2.48.